The second-order valence-corrected chi connectivity index (χ2v) is 8.76. The van der Waals surface area contributed by atoms with E-state index in [1.54, 1.807) is 11.3 Å². The third-order valence-electron chi connectivity index (χ3n) is 5.47. The number of piperidine rings is 1. The van der Waals surface area contributed by atoms with Crippen LogP contribution >= 0.6 is 11.3 Å². The van der Waals surface area contributed by atoms with Gasteiger partial charge in [0.25, 0.3) is 0 Å². The summed E-state index contributed by atoms with van der Waals surface area (Å²) in [5.74, 6) is 0.591. The summed E-state index contributed by atoms with van der Waals surface area (Å²) in [7, 11) is 0. The fourth-order valence-electron chi connectivity index (χ4n) is 3.83. The number of hydrogen-bond acceptors (Lipinski definition) is 5. The molecule has 2 heterocycles. The number of fused-ring (bicyclic) bond motifs is 1. The van der Waals surface area contributed by atoms with Gasteiger partial charge in [-0.3, -0.25) is 4.79 Å². The molecule has 1 fully saturated rings. The molecule has 29 heavy (non-hydrogen) atoms. The number of aryl methyl sites for hydroxylation is 1. The van der Waals surface area contributed by atoms with Crippen LogP contribution in [0.3, 0.4) is 0 Å². The summed E-state index contributed by atoms with van der Waals surface area (Å²) in [4.78, 5) is 18.1. The molecule has 4 rings (SSSR count). The van der Waals surface area contributed by atoms with E-state index in [1.807, 2.05) is 24.3 Å². The van der Waals surface area contributed by atoms with Crippen LogP contribution in [0.15, 0.2) is 42.5 Å². The second kappa shape index (κ2) is 8.82. The molecule has 1 N–H and O–H groups in total. The number of benzene rings is 2. The van der Waals surface area contributed by atoms with Gasteiger partial charge < -0.3 is 14.7 Å². The van der Waals surface area contributed by atoms with E-state index in [-0.39, 0.29) is 6.42 Å². The third kappa shape index (κ3) is 5.07. The summed E-state index contributed by atoms with van der Waals surface area (Å²) in [6, 6.07) is 13.8. The summed E-state index contributed by atoms with van der Waals surface area (Å²) in [5, 5.41) is 10.0. The van der Waals surface area contributed by atoms with Crippen LogP contribution in [0.1, 0.15) is 30.4 Å². The van der Waals surface area contributed by atoms with E-state index in [9.17, 15) is 4.79 Å². The lowest BCUT2D eigenvalue weighted by molar-refractivity contribution is -0.136. The van der Waals surface area contributed by atoms with Gasteiger partial charge in [0.2, 0.25) is 0 Å². The fraction of sp³-hybridized carbons (Fsp3) is 0.391. The SMILES string of the molecule is Cc1ccc2nc(N3CCC(CCOc4cccc(CC(=O)O)c4)CC3)sc2c1. The van der Waals surface area contributed by atoms with Crippen LogP contribution in [0.25, 0.3) is 10.2 Å². The number of hydrogen-bond donors (Lipinski definition) is 1. The Balaban J connectivity index is 1.25. The minimum Gasteiger partial charge on any atom is -0.494 e. The maximum absolute atomic E-state index is 10.8. The largest absolute Gasteiger partial charge is 0.494 e. The van der Waals surface area contributed by atoms with E-state index in [0.717, 1.165) is 54.3 Å². The molecule has 0 bridgehead atoms. The van der Waals surface area contributed by atoms with Crippen LogP contribution in [0.5, 0.6) is 5.75 Å². The Morgan fingerprint density at radius 3 is 2.86 bits per heavy atom. The lowest BCUT2D eigenvalue weighted by Gasteiger charge is -2.31. The predicted molar refractivity (Wildman–Crippen MR) is 117 cm³/mol. The van der Waals surface area contributed by atoms with Gasteiger partial charge in [-0.15, -0.1) is 0 Å². The maximum Gasteiger partial charge on any atom is 0.307 e. The van der Waals surface area contributed by atoms with Crippen molar-refractivity contribution in [3.05, 3.63) is 53.6 Å². The van der Waals surface area contributed by atoms with E-state index in [1.165, 1.54) is 10.3 Å². The molecule has 1 aliphatic rings. The molecule has 1 aromatic heterocycles. The third-order valence-corrected chi connectivity index (χ3v) is 6.55. The highest BCUT2D eigenvalue weighted by molar-refractivity contribution is 7.22. The number of carbonyl (C=O) groups is 1. The number of rotatable bonds is 7. The highest BCUT2D eigenvalue weighted by Crippen LogP contribution is 2.32. The Morgan fingerprint density at radius 1 is 1.24 bits per heavy atom. The number of anilines is 1. The zero-order chi connectivity index (χ0) is 20.2. The van der Waals surface area contributed by atoms with Crippen molar-refractivity contribution >= 4 is 32.7 Å². The average molecular weight is 411 g/mol. The monoisotopic (exact) mass is 410 g/mol. The molecule has 0 aliphatic carbocycles. The minimum atomic E-state index is -0.822. The molecule has 3 aromatic rings. The van der Waals surface area contributed by atoms with Crippen molar-refractivity contribution in [1.82, 2.24) is 4.98 Å². The molecule has 0 unspecified atom stereocenters. The molecule has 0 spiro atoms. The standard InChI is InChI=1S/C23H26N2O3S/c1-16-5-6-20-21(13-16)29-23(24-20)25-10-7-17(8-11-25)9-12-28-19-4-2-3-18(14-19)15-22(26)27/h2-6,13-14,17H,7-12,15H2,1H3,(H,26,27). The first-order valence-electron chi connectivity index (χ1n) is 10.1. The second-order valence-electron chi connectivity index (χ2n) is 7.75. The molecule has 6 heteroatoms. The number of carboxylic acid groups (broad SMARTS) is 1. The Morgan fingerprint density at radius 2 is 2.07 bits per heavy atom. The quantitative estimate of drug-likeness (QED) is 0.599. The van der Waals surface area contributed by atoms with Crippen molar-refractivity contribution in [3.8, 4) is 5.75 Å². The maximum atomic E-state index is 10.8. The Kier molecular flexibility index (Phi) is 6.00. The molecule has 0 saturated carbocycles. The molecular weight excluding hydrogens is 384 g/mol. The summed E-state index contributed by atoms with van der Waals surface area (Å²) >= 11 is 1.79. The normalized spacial score (nSPS) is 15.0. The van der Waals surface area contributed by atoms with Gasteiger partial charge in [-0.25, -0.2) is 4.98 Å². The first-order chi connectivity index (χ1) is 14.1. The van der Waals surface area contributed by atoms with E-state index < -0.39 is 5.97 Å². The van der Waals surface area contributed by atoms with Crippen molar-refractivity contribution in [2.45, 2.75) is 32.6 Å². The number of aliphatic carboxylic acids is 1. The first-order valence-corrected chi connectivity index (χ1v) is 10.9. The highest BCUT2D eigenvalue weighted by atomic mass is 32.1. The van der Waals surface area contributed by atoms with Gasteiger partial charge in [0.15, 0.2) is 5.13 Å². The van der Waals surface area contributed by atoms with Crippen molar-refractivity contribution in [2.75, 3.05) is 24.6 Å². The van der Waals surface area contributed by atoms with Gasteiger partial charge in [0, 0.05) is 13.1 Å². The van der Waals surface area contributed by atoms with Gasteiger partial charge in [-0.2, -0.15) is 0 Å². The minimum absolute atomic E-state index is 0.0288. The molecule has 5 nitrogen and oxygen atoms in total. The molecule has 0 atom stereocenters. The molecule has 0 radical (unpaired) electrons. The first kappa shape index (κ1) is 19.7. The van der Waals surface area contributed by atoms with E-state index in [2.05, 4.69) is 30.0 Å². The number of ether oxygens (including phenoxy) is 1. The van der Waals surface area contributed by atoms with Crippen molar-refractivity contribution in [2.24, 2.45) is 5.92 Å². The van der Waals surface area contributed by atoms with E-state index in [4.69, 9.17) is 14.8 Å². The van der Waals surface area contributed by atoms with Crippen molar-refractivity contribution in [3.63, 3.8) is 0 Å². The number of nitrogens with zero attached hydrogens (tertiary/aromatic N) is 2. The Hall–Kier alpha value is -2.60. The van der Waals surface area contributed by atoms with E-state index in [0.29, 0.717) is 12.5 Å². The summed E-state index contributed by atoms with van der Waals surface area (Å²) in [6.07, 6.45) is 3.35. The van der Waals surface area contributed by atoms with Gasteiger partial charge in [0.05, 0.1) is 23.2 Å². The van der Waals surface area contributed by atoms with Crippen LogP contribution in [0.4, 0.5) is 5.13 Å². The summed E-state index contributed by atoms with van der Waals surface area (Å²) in [5.41, 5.74) is 3.14. The van der Waals surface area contributed by atoms with Gasteiger partial charge in [0.1, 0.15) is 5.75 Å². The van der Waals surface area contributed by atoms with Crippen LogP contribution in [-0.2, 0) is 11.2 Å². The Bertz CT molecular complexity index is 993. The van der Waals surface area contributed by atoms with Gasteiger partial charge >= 0.3 is 5.97 Å². The van der Waals surface area contributed by atoms with Crippen molar-refractivity contribution < 1.29 is 14.6 Å². The van der Waals surface area contributed by atoms with Crippen LogP contribution in [-0.4, -0.2) is 35.8 Å². The number of aromatic nitrogens is 1. The number of thiazole rings is 1. The zero-order valence-electron chi connectivity index (χ0n) is 16.6. The smallest absolute Gasteiger partial charge is 0.307 e. The molecule has 2 aromatic carbocycles. The van der Waals surface area contributed by atoms with Crippen LogP contribution in [0.2, 0.25) is 0 Å². The molecule has 152 valence electrons. The number of carboxylic acids is 1. The lowest BCUT2D eigenvalue weighted by atomic mass is 9.94. The van der Waals surface area contributed by atoms with Crippen LogP contribution in [0, 0.1) is 12.8 Å². The molecule has 1 aliphatic heterocycles. The molecular formula is C23H26N2O3S. The van der Waals surface area contributed by atoms with Crippen LogP contribution < -0.4 is 9.64 Å². The van der Waals surface area contributed by atoms with Gasteiger partial charge in [-0.05, 0) is 67.5 Å². The lowest BCUT2D eigenvalue weighted by Crippen LogP contribution is -2.34. The topological polar surface area (TPSA) is 62.7 Å². The predicted octanol–water partition coefficient (Wildman–Crippen LogP) is 4.92. The molecule has 0 amide bonds. The summed E-state index contributed by atoms with van der Waals surface area (Å²) in [6.45, 7) is 4.87. The zero-order valence-corrected chi connectivity index (χ0v) is 17.5. The average Bonchev–Trinajstić information content (AvgIpc) is 3.11. The highest BCUT2D eigenvalue weighted by Gasteiger charge is 2.21. The van der Waals surface area contributed by atoms with Gasteiger partial charge in [-0.1, -0.05) is 29.5 Å². The summed E-state index contributed by atoms with van der Waals surface area (Å²) < 4.78 is 7.14. The van der Waals surface area contributed by atoms with Crippen molar-refractivity contribution in [1.29, 1.82) is 0 Å². The fourth-order valence-corrected chi connectivity index (χ4v) is 4.95. The Labute approximate surface area is 175 Å². The molecule has 1 saturated heterocycles. The van der Waals surface area contributed by atoms with E-state index >= 15 is 0 Å².